The van der Waals surface area contributed by atoms with Crippen LogP contribution in [0.15, 0.2) is 10.7 Å². The Morgan fingerprint density at radius 3 is 2.88 bits per heavy atom. The average Bonchev–Trinajstić information content (AvgIpc) is 2.29. The minimum absolute atomic E-state index is 0.255. The fraction of sp³-hybridized carbons (Fsp3) is 0.600. The third-order valence-electron chi connectivity index (χ3n) is 2.04. The van der Waals surface area contributed by atoms with E-state index in [1.54, 1.807) is 20.4 Å². The molecule has 0 aliphatic carbocycles. The van der Waals surface area contributed by atoms with Crippen molar-refractivity contribution in [3.63, 3.8) is 0 Å². The van der Waals surface area contributed by atoms with Crippen LogP contribution in [0.2, 0.25) is 0 Å². The molecule has 1 heterocycles. The number of halogens is 1. The van der Waals surface area contributed by atoms with Gasteiger partial charge in [0.05, 0.1) is 17.8 Å². The molecule has 1 aromatic rings. The molecule has 90 valence electrons. The Labute approximate surface area is 104 Å². The highest BCUT2D eigenvalue weighted by atomic mass is 79.9. The first kappa shape index (κ1) is 13.2. The highest BCUT2D eigenvalue weighted by molar-refractivity contribution is 9.10. The highest BCUT2D eigenvalue weighted by Crippen LogP contribution is 2.22. The summed E-state index contributed by atoms with van der Waals surface area (Å²) in [5.41, 5.74) is 0. The average molecular weight is 290 g/mol. The summed E-state index contributed by atoms with van der Waals surface area (Å²) in [4.78, 5) is 8.35. The normalized spacial score (nSPS) is 12.2. The minimum atomic E-state index is 0.255. The molecule has 16 heavy (non-hydrogen) atoms. The van der Waals surface area contributed by atoms with E-state index in [4.69, 9.17) is 9.47 Å². The minimum Gasteiger partial charge on any atom is -0.480 e. The Kier molecular flexibility index (Phi) is 5.48. The molecule has 0 bridgehead atoms. The Bertz CT molecular complexity index is 336. The molecule has 1 atom stereocenters. The highest BCUT2D eigenvalue weighted by Gasteiger charge is 2.07. The van der Waals surface area contributed by atoms with Crippen LogP contribution in [0.5, 0.6) is 5.88 Å². The van der Waals surface area contributed by atoms with Crippen molar-refractivity contribution in [3.05, 3.63) is 10.7 Å². The van der Waals surface area contributed by atoms with E-state index >= 15 is 0 Å². The summed E-state index contributed by atoms with van der Waals surface area (Å²) in [6.07, 6.45) is 2.56. The molecule has 0 saturated carbocycles. The van der Waals surface area contributed by atoms with E-state index in [-0.39, 0.29) is 6.04 Å². The van der Waals surface area contributed by atoms with Crippen LogP contribution in [-0.4, -0.2) is 36.8 Å². The first-order valence-electron chi connectivity index (χ1n) is 4.99. The van der Waals surface area contributed by atoms with Crippen LogP contribution in [0.3, 0.4) is 0 Å². The lowest BCUT2D eigenvalue weighted by molar-refractivity contribution is 0.191. The summed E-state index contributed by atoms with van der Waals surface area (Å²) in [6, 6.07) is 0.255. The number of anilines is 1. The van der Waals surface area contributed by atoms with Gasteiger partial charge in [-0.1, -0.05) is 0 Å². The van der Waals surface area contributed by atoms with Gasteiger partial charge in [0.1, 0.15) is 0 Å². The molecular formula is C10H16BrN3O2. The number of nitrogens with zero attached hydrogens (tertiary/aromatic N) is 2. The monoisotopic (exact) mass is 289 g/mol. The molecule has 0 aromatic carbocycles. The van der Waals surface area contributed by atoms with Crippen molar-refractivity contribution in [2.24, 2.45) is 0 Å². The summed E-state index contributed by atoms with van der Waals surface area (Å²) in [5, 5.41) is 3.18. The predicted octanol–water partition coefficient (Wildman–Crippen LogP) is 2.08. The Morgan fingerprint density at radius 2 is 2.25 bits per heavy atom. The second-order valence-electron chi connectivity index (χ2n) is 3.38. The molecule has 1 aromatic heterocycles. The van der Waals surface area contributed by atoms with E-state index in [1.165, 1.54) is 0 Å². The molecule has 0 saturated heterocycles. The number of methoxy groups -OCH3 is 2. The zero-order chi connectivity index (χ0) is 12.0. The van der Waals surface area contributed by atoms with Gasteiger partial charge in [0.15, 0.2) is 0 Å². The number of ether oxygens (including phenoxy) is 2. The van der Waals surface area contributed by atoms with Crippen LogP contribution < -0.4 is 10.1 Å². The quantitative estimate of drug-likeness (QED) is 0.869. The maximum atomic E-state index is 5.09. The number of rotatable bonds is 6. The SMILES string of the molecule is COCCC(C)Nc1ncc(Br)c(OC)n1. The summed E-state index contributed by atoms with van der Waals surface area (Å²) in [7, 11) is 3.26. The molecule has 0 spiro atoms. The van der Waals surface area contributed by atoms with Crippen LogP contribution in [-0.2, 0) is 4.74 Å². The van der Waals surface area contributed by atoms with Crippen molar-refractivity contribution < 1.29 is 9.47 Å². The molecule has 0 radical (unpaired) electrons. The van der Waals surface area contributed by atoms with Crippen molar-refractivity contribution in [2.75, 3.05) is 26.1 Å². The summed E-state index contributed by atoms with van der Waals surface area (Å²) < 4.78 is 10.8. The van der Waals surface area contributed by atoms with Gasteiger partial charge in [-0.2, -0.15) is 4.98 Å². The molecule has 1 unspecified atom stereocenters. The maximum Gasteiger partial charge on any atom is 0.232 e. The molecule has 0 amide bonds. The van der Waals surface area contributed by atoms with Gasteiger partial charge in [-0.05, 0) is 29.3 Å². The van der Waals surface area contributed by atoms with Crippen molar-refractivity contribution >= 4 is 21.9 Å². The third kappa shape index (κ3) is 3.94. The van der Waals surface area contributed by atoms with E-state index < -0.39 is 0 Å². The maximum absolute atomic E-state index is 5.09. The second kappa shape index (κ2) is 6.65. The topological polar surface area (TPSA) is 56.3 Å². The van der Waals surface area contributed by atoms with Crippen molar-refractivity contribution in [1.82, 2.24) is 9.97 Å². The fourth-order valence-corrected chi connectivity index (χ4v) is 1.50. The lowest BCUT2D eigenvalue weighted by Gasteiger charge is -2.13. The summed E-state index contributed by atoms with van der Waals surface area (Å²) >= 11 is 3.30. The zero-order valence-electron chi connectivity index (χ0n) is 9.66. The molecule has 0 aliphatic heterocycles. The van der Waals surface area contributed by atoms with Gasteiger partial charge in [0, 0.05) is 19.8 Å². The van der Waals surface area contributed by atoms with Gasteiger partial charge < -0.3 is 14.8 Å². The summed E-state index contributed by atoms with van der Waals surface area (Å²) in [6.45, 7) is 2.76. The Balaban J connectivity index is 2.59. The molecular weight excluding hydrogens is 274 g/mol. The van der Waals surface area contributed by atoms with Crippen LogP contribution in [0.1, 0.15) is 13.3 Å². The van der Waals surface area contributed by atoms with Gasteiger partial charge in [0.25, 0.3) is 0 Å². The van der Waals surface area contributed by atoms with Crippen LogP contribution in [0.25, 0.3) is 0 Å². The molecule has 5 nitrogen and oxygen atoms in total. The van der Waals surface area contributed by atoms with Gasteiger partial charge >= 0.3 is 0 Å². The molecule has 1 rings (SSSR count). The molecule has 1 N–H and O–H groups in total. The van der Waals surface area contributed by atoms with Crippen LogP contribution in [0, 0.1) is 0 Å². The largest absolute Gasteiger partial charge is 0.480 e. The summed E-state index contributed by atoms with van der Waals surface area (Å²) in [5.74, 6) is 1.08. The van der Waals surface area contributed by atoms with Crippen LogP contribution >= 0.6 is 15.9 Å². The lowest BCUT2D eigenvalue weighted by Crippen LogP contribution is -2.19. The van der Waals surface area contributed by atoms with Crippen molar-refractivity contribution in [2.45, 2.75) is 19.4 Å². The van der Waals surface area contributed by atoms with E-state index in [9.17, 15) is 0 Å². The van der Waals surface area contributed by atoms with Crippen LogP contribution in [0.4, 0.5) is 5.95 Å². The number of aromatic nitrogens is 2. The Morgan fingerprint density at radius 1 is 1.50 bits per heavy atom. The standard InChI is InChI=1S/C10H16BrN3O2/c1-7(4-5-15-2)13-10-12-6-8(11)9(14-10)16-3/h6-7H,4-5H2,1-3H3,(H,12,13,14). The smallest absolute Gasteiger partial charge is 0.232 e. The lowest BCUT2D eigenvalue weighted by atomic mass is 10.2. The molecule has 0 aliphatic rings. The van der Waals surface area contributed by atoms with Crippen molar-refractivity contribution in [1.29, 1.82) is 0 Å². The fourth-order valence-electron chi connectivity index (χ4n) is 1.15. The molecule has 6 heteroatoms. The first-order chi connectivity index (χ1) is 7.67. The van der Waals surface area contributed by atoms with Gasteiger partial charge in [-0.3, -0.25) is 0 Å². The Hall–Kier alpha value is -0.880. The van der Waals surface area contributed by atoms with Gasteiger partial charge in [-0.15, -0.1) is 0 Å². The second-order valence-corrected chi connectivity index (χ2v) is 4.23. The van der Waals surface area contributed by atoms with E-state index in [0.717, 1.165) is 10.9 Å². The van der Waals surface area contributed by atoms with E-state index in [1.807, 2.05) is 0 Å². The number of hydrogen-bond acceptors (Lipinski definition) is 5. The van der Waals surface area contributed by atoms with E-state index in [2.05, 4.69) is 38.1 Å². The molecule has 0 fully saturated rings. The number of nitrogens with one attached hydrogen (secondary N) is 1. The van der Waals surface area contributed by atoms with E-state index in [0.29, 0.717) is 18.4 Å². The third-order valence-corrected chi connectivity index (χ3v) is 2.58. The van der Waals surface area contributed by atoms with Crippen molar-refractivity contribution in [3.8, 4) is 5.88 Å². The predicted molar refractivity (Wildman–Crippen MR) is 65.9 cm³/mol. The first-order valence-corrected chi connectivity index (χ1v) is 5.78. The van der Waals surface area contributed by atoms with Gasteiger partial charge in [-0.25, -0.2) is 4.98 Å². The van der Waals surface area contributed by atoms with Gasteiger partial charge in [0.2, 0.25) is 11.8 Å². The zero-order valence-corrected chi connectivity index (χ0v) is 11.2. The number of hydrogen-bond donors (Lipinski definition) is 1.